The Balaban J connectivity index is 1.16. The van der Waals surface area contributed by atoms with Crippen LogP contribution in [0.2, 0.25) is 0 Å². The third-order valence-corrected chi connectivity index (χ3v) is 5.75. The van der Waals surface area contributed by atoms with Crippen LogP contribution < -0.4 is 14.4 Å². The van der Waals surface area contributed by atoms with Crippen molar-refractivity contribution in [1.82, 2.24) is 4.90 Å². The van der Waals surface area contributed by atoms with Crippen molar-refractivity contribution in [2.24, 2.45) is 0 Å². The van der Waals surface area contributed by atoms with Gasteiger partial charge in [0.25, 0.3) is 0 Å². The zero-order valence-electron chi connectivity index (χ0n) is 18.7. The van der Waals surface area contributed by atoms with Crippen molar-refractivity contribution in [3.8, 4) is 11.5 Å². The molecule has 32 heavy (non-hydrogen) atoms. The molecule has 3 aromatic rings. The topological polar surface area (TPSA) is 45.2 Å². The quantitative estimate of drug-likeness (QED) is 0.551. The Kier molecular flexibility index (Phi) is 7.64. The van der Waals surface area contributed by atoms with Crippen LogP contribution in [0.5, 0.6) is 11.5 Å². The lowest BCUT2D eigenvalue weighted by atomic mass is 10.2. The highest BCUT2D eigenvalue weighted by atomic mass is 16.5. The maximum absolute atomic E-state index is 10.4. The largest absolute Gasteiger partial charge is 0.491 e. The van der Waals surface area contributed by atoms with E-state index in [-0.39, 0.29) is 6.61 Å². The van der Waals surface area contributed by atoms with Crippen LogP contribution in [0.25, 0.3) is 0 Å². The predicted octanol–water partition coefficient (Wildman–Crippen LogP) is 4.14. The second kappa shape index (κ2) is 11.0. The minimum atomic E-state index is -0.519. The van der Waals surface area contributed by atoms with Crippen molar-refractivity contribution in [3.63, 3.8) is 0 Å². The molecule has 0 radical (unpaired) electrons. The van der Waals surface area contributed by atoms with Crippen molar-refractivity contribution in [1.29, 1.82) is 0 Å². The van der Waals surface area contributed by atoms with Gasteiger partial charge in [-0.1, -0.05) is 48.0 Å². The molecule has 0 unspecified atom stereocenters. The fourth-order valence-electron chi connectivity index (χ4n) is 3.86. The summed E-state index contributed by atoms with van der Waals surface area (Å²) in [4.78, 5) is 4.71. The van der Waals surface area contributed by atoms with Gasteiger partial charge >= 0.3 is 0 Å². The maximum atomic E-state index is 10.4. The summed E-state index contributed by atoms with van der Waals surface area (Å²) in [5, 5.41) is 10.4. The molecule has 0 saturated carbocycles. The van der Waals surface area contributed by atoms with E-state index in [0.29, 0.717) is 13.2 Å². The van der Waals surface area contributed by atoms with E-state index in [9.17, 15) is 5.11 Å². The van der Waals surface area contributed by atoms with Crippen LogP contribution in [0.3, 0.4) is 0 Å². The van der Waals surface area contributed by atoms with Gasteiger partial charge in [-0.3, -0.25) is 4.90 Å². The molecule has 0 bridgehead atoms. The number of aryl methyl sites for hydroxylation is 1. The van der Waals surface area contributed by atoms with E-state index in [1.807, 2.05) is 54.6 Å². The van der Waals surface area contributed by atoms with Crippen molar-refractivity contribution in [2.75, 3.05) is 44.2 Å². The van der Waals surface area contributed by atoms with Gasteiger partial charge in [0.05, 0.1) is 0 Å². The fraction of sp³-hybridized carbons (Fsp3) is 0.333. The molecule has 0 aromatic heterocycles. The van der Waals surface area contributed by atoms with E-state index in [0.717, 1.165) is 43.2 Å². The Morgan fingerprint density at radius 1 is 0.781 bits per heavy atom. The number of nitrogens with zero attached hydrogens (tertiary/aromatic N) is 2. The minimum Gasteiger partial charge on any atom is -0.491 e. The molecule has 5 nitrogen and oxygen atoms in total. The van der Waals surface area contributed by atoms with Gasteiger partial charge in [-0.15, -0.1) is 0 Å². The summed E-state index contributed by atoms with van der Waals surface area (Å²) < 4.78 is 11.6. The maximum Gasteiger partial charge on any atom is 0.120 e. The minimum absolute atomic E-state index is 0.280. The van der Waals surface area contributed by atoms with Gasteiger partial charge in [-0.2, -0.15) is 0 Å². The first-order chi connectivity index (χ1) is 15.7. The lowest BCUT2D eigenvalue weighted by Gasteiger charge is -2.36. The van der Waals surface area contributed by atoms with Crippen LogP contribution in [0.4, 0.5) is 5.69 Å². The smallest absolute Gasteiger partial charge is 0.120 e. The summed E-state index contributed by atoms with van der Waals surface area (Å²) >= 11 is 0. The normalized spacial score (nSPS) is 15.4. The molecule has 1 heterocycles. The van der Waals surface area contributed by atoms with E-state index >= 15 is 0 Å². The van der Waals surface area contributed by atoms with Gasteiger partial charge in [0.2, 0.25) is 0 Å². The van der Waals surface area contributed by atoms with Crippen molar-refractivity contribution < 1.29 is 14.6 Å². The molecule has 0 spiro atoms. The standard InChI is InChI=1S/C27H32N2O3/c1-22-7-9-24(10-8-22)29-17-15-28(16-18-29)19-25(30)21-32-27-13-11-26(12-14-27)31-20-23-5-3-2-4-6-23/h2-14,25,30H,15-21H2,1H3/t25-/m1/s1. The van der Waals surface area contributed by atoms with Crippen LogP contribution in [0.15, 0.2) is 78.9 Å². The van der Waals surface area contributed by atoms with E-state index in [1.165, 1.54) is 11.3 Å². The lowest BCUT2D eigenvalue weighted by Crippen LogP contribution is -2.49. The van der Waals surface area contributed by atoms with E-state index in [4.69, 9.17) is 9.47 Å². The van der Waals surface area contributed by atoms with Gasteiger partial charge in [0.15, 0.2) is 0 Å². The SMILES string of the molecule is Cc1ccc(N2CCN(C[C@@H](O)COc3ccc(OCc4ccccc4)cc3)CC2)cc1. The van der Waals surface area contributed by atoms with E-state index in [2.05, 4.69) is 41.0 Å². The Morgan fingerprint density at radius 2 is 1.41 bits per heavy atom. The molecule has 168 valence electrons. The number of anilines is 1. The van der Waals surface area contributed by atoms with Crippen LogP contribution >= 0.6 is 0 Å². The molecule has 0 aliphatic carbocycles. The van der Waals surface area contributed by atoms with E-state index in [1.54, 1.807) is 0 Å². The molecule has 1 atom stereocenters. The van der Waals surface area contributed by atoms with Crippen LogP contribution in [-0.2, 0) is 6.61 Å². The Morgan fingerprint density at radius 3 is 2.06 bits per heavy atom. The number of hydrogen-bond acceptors (Lipinski definition) is 5. The van der Waals surface area contributed by atoms with Crippen LogP contribution in [0.1, 0.15) is 11.1 Å². The molecule has 1 aliphatic heterocycles. The van der Waals surface area contributed by atoms with E-state index < -0.39 is 6.10 Å². The molecular weight excluding hydrogens is 400 g/mol. The highest BCUT2D eigenvalue weighted by molar-refractivity contribution is 5.47. The molecule has 5 heteroatoms. The Labute approximate surface area is 190 Å². The number of β-amino-alcohol motifs (C(OH)–C–C–N with tert-alkyl or cyclic N) is 1. The zero-order valence-corrected chi connectivity index (χ0v) is 18.7. The highest BCUT2D eigenvalue weighted by Crippen LogP contribution is 2.20. The summed E-state index contributed by atoms with van der Waals surface area (Å²) in [6.07, 6.45) is -0.519. The first-order valence-corrected chi connectivity index (χ1v) is 11.3. The van der Waals surface area contributed by atoms with Crippen molar-refractivity contribution >= 4 is 5.69 Å². The summed E-state index contributed by atoms with van der Waals surface area (Å²) in [5.41, 5.74) is 3.69. The van der Waals surface area contributed by atoms with Crippen LogP contribution in [-0.4, -0.2) is 55.4 Å². The van der Waals surface area contributed by atoms with Gasteiger partial charge in [-0.05, 0) is 48.9 Å². The molecule has 4 rings (SSSR count). The number of aliphatic hydroxyl groups excluding tert-OH is 1. The molecule has 3 aromatic carbocycles. The number of aliphatic hydroxyl groups is 1. The second-order valence-corrected chi connectivity index (χ2v) is 8.33. The average Bonchev–Trinajstić information content (AvgIpc) is 2.84. The fourth-order valence-corrected chi connectivity index (χ4v) is 3.86. The number of hydrogen-bond donors (Lipinski definition) is 1. The lowest BCUT2D eigenvalue weighted by molar-refractivity contribution is 0.0663. The monoisotopic (exact) mass is 432 g/mol. The Bertz CT molecular complexity index is 937. The Hall–Kier alpha value is -3.02. The predicted molar refractivity (Wildman–Crippen MR) is 129 cm³/mol. The van der Waals surface area contributed by atoms with Crippen molar-refractivity contribution in [2.45, 2.75) is 19.6 Å². The molecule has 1 aliphatic rings. The summed E-state index contributed by atoms with van der Waals surface area (Å²) in [5.74, 6) is 1.54. The van der Waals surface area contributed by atoms with Crippen molar-refractivity contribution in [3.05, 3.63) is 90.0 Å². The molecule has 1 N–H and O–H groups in total. The van der Waals surface area contributed by atoms with Crippen LogP contribution in [0, 0.1) is 6.92 Å². The second-order valence-electron chi connectivity index (χ2n) is 8.33. The number of benzene rings is 3. The molecular formula is C27H32N2O3. The molecule has 1 fully saturated rings. The molecule has 1 saturated heterocycles. The van der Waals surface area contributed by atoms with Gasteiger partial charge in [-0.25, -0.2) is 0 Å². The number of ether oxygens (including phenoxy) is 2. The summed E-state index contributed by atoms with van der Waals surface area (Å²) in [7, 11) is 0. The zero-order chi connectivity index (χ0) is 22.2. The third-order valence-electron chi connectivity index (χ3n) is 5.75. The summed E-state index contributed by atoms with van der Waals surface area (Å²) in [6.45, 7) is 7.39. The van der Waals surface area contributed by atoms with Gasteiger partial charge in [0.1, 0.15) is 30.8 Å². The first kappa shape index (κ1) is 22.2. The number of rotatable bonds is 9. The highest BCUT2D eigenvalue weighted by Gasteiger charge is 2.19. The first-order valence-electron chi connectivity index (χ1n) is 11.3. The van der Waals surface area contributed by atoms with Gasteiger partial charge < -0.3 is 19.5 Å². The average molecular weight is 433 g/mol. The number of piperazine rings is 1. The summed E-state index contributed by atoms with van der Waals surface area (Å²) in [6, 6.07) is 26.3. The molecule has 0 amide bonds. The van der Waals surface area contributed by atoms with Gasteiger partial charge in [0, 0.05) is 38.4 Å². The third kappa shape index (κ3) is 6.49.